The molecule has 10 heteroatoms. The van der Waals surface area contributed by atoms with E-state index < -0.39 is 10.0 Å². The average molecular weight is 492 g/mol. The highest BCUT2D eigenvalue weighted by Gasteiger charge is 2.29. The van der Waals surface area contributed by atoms with Gasteiger partial charge in [0, 0.05) is 31.1 Å². The lowest BCUT2D eigenvalue weighted by Gasteiger charge is -2.31. The number of carbonyl (C=O) groups excluding carboxylic acids is 1. The normalized spacial score (nSPS) is 18.5. The van der Waals surface area contributed by atoms with Gasteiger partial charge in [-0.3, -0.25) is 9.69 Å². The Morgan fingerprint density at radius 3 is 2.50 bits per heavy atom. The predicted molar refractivity (Wildman–Crippen MR) is 126 cm³/mol. The first-order valence-corrected chi connectivity index (χ1v) is 12.8. The summed E-state index contributed by atoms with van der Waals surface area (Å²) in [6.45, 7) is 3.16. The second kappa shape index (κ2) is 10.8. The van der Waals surface area contributed by atoms with Crippen LogP contribution in [0.1, 0.15) is 18.4 Å². The van der Waals surface area contributed by atoms with Crippen LogP contribution in [0.15, 0.2) is 47.4 Å². The average Bonchev–Trinajstić information content (AvgIpc) is 2.86. The molecule has 0 aliphatic carbocycles. The van der Waals surface area contributed by atoms with E-state index in [9.17, 15) is 17.6 Å². The van der Waals surface area contributed by atoms with E-state index in [0.29, 0.717) is 75.8 Å². The van der Waals surface area contributed by atoms with Gasteiger partial charge in [-0.2, -0.15) is 4.31 Å². The van der Waals surface area contributed by atoms with Gasteiger partial charge in [-0.05, 0) is 50.2 Å². The Morgan fingerprint density at radius 2 is 1.82 bits per heavy atom. The molecule has 2 aromatic carbocycles. The number of morpholine rings is 1. The third-order valence-corrected chi connectivity index (χ3v) is 8.24. The van der Waals surface area contributed by atoms with Crippen LogP contribution in [0.2, 0.25) is 0 Å². The van der Waals surface area contributed by atoms with Gasteiger partial charge >= 0.3 is 0 Å². The van der Waals surface area contributed by atoms with Gasteiger partial charge in [-0.25, -0.2) is 12.8 Å². The van der Waals surface area contributed by atoms with Crippen LogP contribution >= 0.6 is 0 Å². The summed E-state index contributed by atoms with van der Waals surface area (Å²) < 4.78 is 52.0. The Labute approximate surface area is 199 Å². The van der Waals surface area contributed by atoms with E-state index in [0.717, 1.165) is 0 Å². The first-order valence-electron chi connectivity index (χ1n) is 11.4. The standard InChI is InChI=1S/C24H30FN3O5S/c1-32-23-7-6-20(34(30,31)28-12-14-33-15-13-28)16-22(23)26-24(29)18-8-10-27(11-9-18)17-19-4-2-3-5-21(19)25/h2-7,16,18H,8-15,17H2,1H3,(H,26,29). The molecule has 184 valence electrons. The van der Waals surface area contributed by atoms with Crippen molar-refractivity contribution >= 4 is 21.6 Å². The van der Waals surface area contributed by atoms with Crippen LogP contribution in [0.25, 0.3) is 0 Å². The van der Waals surface area contributed by atoms with Gasteiger partial charge in [-0.15, -0.1) is 0 Å². The van der Waals surface area contributed by atoms with Crippen LogP contribution in [0.4, 0.5) is 10.1 Å². The molecule has 2 aliphatic rings. The molecule has 0 aromatic heterocycles. The molecule has 0 saturated carbocycles. The number of methoxy groups -OCH3 is 1. The first-order chi connectivity index (χ1) is 16.4. The minimum absolute atomic E-state index is 0.102. The van der Waals surface area contributed by atoms with E-state index in [1.54, 1.807) is 18.2 Å². The van der Waals surface area contributed by atoms with Crippen LogP contribution in [0.3, 0.4) is 0 Å². The quantitative estimate of drug-likeness (QED) is 0.641. The molecule has 34 heavy (non-hydrogen) atoms. The molecule has 0 spiro atoms. The summed E-state index contributed by atoms with van der Waals surface area (Å²) in [6, 6.07) is 11.2. The van der Waals surface area contributed by atoms with Gasteiger partial charge in [0.05, 0.1) is 30.9 Å². The second-order valence-corrected chi connectivity index (χ2v) is 10.4. The van der Waals surface area contributed by atoms with Crippen molar-refractivity contribution < 1.29 is 27.1 Å². The minimum Gasteiger partial charge on any atom is -0.495 e. The zero-order valence-electron chi connectivity index (χ0n) is 19.2. The van der Waals surface area contributed by atoms with Crippen LogP contribution in [0.5, 0.6) is 5.75 Å². The van der Waals surface area contributed by atoms with Gasteiger partial charge in [-0.1, -0.05) is 18.2 Å². The highest BCUT2D eigenvalue weighted by molar-refractivity contribution is 7.89. The lowest BCUT2D eigenvalue weighted by molar-refractivity contribution is -0.121. The van der Waals surface area contributed by atoms with Gasteiger partial charge in [0.2, 0.25) is 15.9 Å². The van der Waals surface area contributed by atoms with Crippen molar-refractivity contribution in [3.8, 4) is 5.75 Å². The predicted octanol–water partition coefficient (Wildman–Crippen LogP) is 2.71. The maximum atomic E-state index is 13.9. The van der Waals surface area contributed by atoms with Crippen molar-refractivity contribution in [3.63, 3.8) is 0 Å². The summed E-state index contributed by atoms with van der Waals surface area (Å²) in [5.41, 5.74) is 0.976. The van der Waals surface area contributed by atoms with Crippen molar-refractivity contribution in [2.45, 2.75) is 24.3 Å². The van der Waals surface area contributed by atoms with E-state index in [-0.39, 0.29) is 22.5 Å². The van der Waals surface area contributed by atoms with Crippen LogP contribution in [-0.4, -0.2) is 70.0 Å². The molecular weight excluding hydrogens is 461 g/mol. The highest BCUT2D eigenvalue weighted by Crippen LogP contribution is 2.31. The van der Waals surface area contributed by atoms with Crippen LogP contribution < -0.4 is 10.1 Å². The molecule has 8 nitrogen and oxygen atoms in total. The number of amides is 1. The van der Waals surface area contributed by atoms with Crippen LogP contribution in [0, 0.1) is 11.7 Å². The molecule has 2 aliphatic heterocycles. The molecule has 0 atom stereocenters. The van der Waals surface area contributed by atoms with Crippen molar-refractivity contribution in [1.82, 2.24) is 9.21 Å². The molecule has 2 fully saturated rings. The number of ether oxygens (including phenoxy) is 2. The Kier molecular flexibility index (Phi) is 7.82. The monoisotopic (exact) mass is 491 g/mol. The van der Waals surface area contributed by atoms with E-state index in [1.165, 1.54) is 29.6 Å². The topological polar surface area (TPSA) is 88.2 Å². The summed E-state index contributed by atoms with van der Waals surface area (Å²) in [5, 5.41) is 2.87. The number of sulfonamides is 1. The van der Waals surface area contributed by atoms with Crippen molar-refractivity contribution in [2.75, 3.05) is 51.8 Å². The number of rotatable bonds is 7. The van der Waals surface area contributed by atoms with Crippen molar-refractivity contribution in [3.05, 3.63) is 53.8 Å². The molecule has 0 bridgehead atoms. The summed E-state index contributed by atoms with van der Waals surface area (Å²) in [5.74, 6) is -0.224. The minimum atomic E-state index is -3.70. The smallest absolute Gasteiger partial charge is 0.243 e. The fraction of sp³-hybridized carbons (Fsp3) is 0.458. The molecule has 1 amide bonds. The number of anilines is 1. The second-order valence-electron chi connectivity index (χ2n) is 8.51. The maximum absolute atomic E-state index is 13.9. The summed E-state index contributed by atoms with van der Waals surface area (Å²) >= 11 is 0. The number of nitrogens with one attached hydrogen (secondary N) is 1. The zero-order chi connectivity index (χ0) is 24.1. The lowest BCUT2D eigenvalue weighted by atomic mass is 9.95. The summed E-state index contributed by atoms with van der Waals surface area (Å²) in [6.07, 6.45) is 1.27. The fourth-order valence-corrected chi connectivity index (χ4v) is 5.77. The molecule has 0 radical (unpaired) electrons. The molecule has 2 heterocycles. The summed E-state index contributed by atoms with van der Waals surface area (Å²) in [7, 11) is -2.23. The number of nitrogens with zero attached hydrogens (tertiary/aromatic N) is 2. The first kappa shape index (κ1) is 24.6. The number of carbonyl (C=O) groups is 1. The Morgan fingerprint density at radius 1 is 1.12 bits per heavy atom. The maximum Gasteiger partial charge on any atom is 0.243 e. The number of hydrogen-bond donors (Lipinski definition) is 1. The van der Waals surface area contributed by atoms with E-state index in [1.807, 2.05) is 6.07 Å². The van der Waals surface area contributed by atoms with Crippen LogP contribution in [-0.2, 0) is 26.1 Å². The SMILES string of the molecule is COc1ccc(S(=O)(=O)N2CCOCC2)cc1NC(=O)C1CCN(Cc2ccccc2F)CC1. The molecule has 0 unspecified atom stereocenters. The van der Waals surface area contributed by atoms with Gasteiger partial charge < -0.3 is 14.8 Å². The van der Waals surface area contributed by atoms with E-state index in [4.69, 9.17) is 9.47 Å². The highest BCUT2D eigenvalue weighted by atomic mass is 32.2. The van der Waals surface area contributed by atoms with E-state index >= 15 is 0 Å². The van der Waals surface area contributed by atoms with E-state index in [2.05, 4.69) is 10.2 Å². The Balaban J connectivity index is 1.40. The number of benzene rings is 2. The Hall–Kier alpha value is -2.53. The molecule has 4 rings (SSSR count). The molecule has 1 N–H and O–H groups in total. The third kappa shape index (κ3) is 5.57. The van der Waals surface area contributed by atoms with Crippen molar-refractivity contribution in [2.24, 2.45) is 5.92 Å². The van der Waals surface area contributed by atoms with Gasteiger partial charge in [0.1, 0.15) is 11.6 Å². The molecular formula is C24H30FN3O5S. The van der Waals surface area contributed by atoms with Gasteiger partial charge in [0.25, 0.3) is 0 Å². The molecule has 2 saturated heterocycles. The Bertz CT molecular complexity index is 1110. The molecule has 2 aromatic rings. The number of hydrogen-bond acceptors (Lipinski definition) is 6. The third-order valence-electron chi connectivity index (χ3n) is 6.35. The number of piperidine rings is 1. The lowest BCUT2D eigenvalue weighted by Crippen LogP contribution is -2.40. The largest absolute Gasteiger partial charge is 0.495 e. The summed E-state index contributed by atoms with van der Waals surface area (Å²) in [4.78, 5) is 15.2. The van der Waals surface area contributed by atoms with Gasteiger partial charge in [0.15, 0.2) is 0 Å². The number of halogens is 1. The number of likely N-dealkylation sites (tertiary alicyclic amines) is 1. The fourth-order valence-electron chi connectivity index (χ4n) is 4.34. The van der Waals surface area contributed by atoms with Crippen molar-refractivity contribution in [1.29, 1.82) is 0 Å². The zero-order valence-corrected chi connectivity index (χ0v) is 20.0.